The van der Waals surface area contributed by atoms with Crippen molar-refractivity contribution >= 4 is 58.9 Å². The first-order chi connectivity index (χ1) is 24.8. The maximum absolute atomic E-state index is 5.17. The molecule has 9 aromatic rings. The zero-order valence-electron chi connectivity index (χ0n) is 27.3. The molecule has 3 nitrogen and oxygen atoms in total. The Kier molecular flexibility index (Phi) is 6.81. The van der Waals surface area contributed by atoms with E-state index in [1.807, 2.05) is 23.5 Å². The molecule has 1 aliphatic carbocycles. The average Bonchev–Trinajstić information content (AvgIpc) is 3.74. The van der Waals surface area contributed by atoms with Gasteiger partial charge in [-0.25, -0.2) is 9.97 Å². The quantitative estimate of drug-likeness (QED) is 0.184. The molecule has 0 radical (unpaired) electrons. The van der Waals surface area contributed by atoms with Crippen molar-refractivity contribution < 1.29 is 0 Å². The van der Waals surface area contributed by atoms with Gasteiger partial charge in [0.05, 0.1) is 22.4 Å². The summed E-state index contributed by atoms with van der Waals surface area (Å²) in [6, 6.07) is 51.9. The Balaban J connectivity index is 1.24. The molecule has 3 aromatic heterocycles. The van der Waals surface area contributed by atoms with Crippen LogP contribution in [0.15, 0.2) is 164 Å². The van der Waals surface area contributed by atoms with Crippen LogP contribution < -0.4 is 0 Å². The summed E-state index contributed by atoms with van der Waals surface area (Å²) in [5, 5.41) is 5.04. The lowest BCUT2D eigenvalue weighted by Crippen LogP contribution is -1.98. The average molecular weight is 658 g/mol. The van der Waals surface area contributed by atoms with E-state index >= 15 is 0 Å². The summed E-state index contributed by atoms with van der Waals surface area (Å²) in [5.41, 5.74) is 11.0. The van der Waals surface area contributed by atoms with Crippen molar-refractivity contribution in [2.75, 3.05) is 0 Å². The van der Waals surface area contributed by atoms with Gasteiger partial charge in [0.2, 0.25) is 0 Å². The Morgan fingerprint density at radius 1 is 0.520 bits per heavy atom. The van der Waals surface area contributed by atoms with Crippen molar-refractivity contribution in [2.45, 2.75) is 12.8 Å². The fraction of sp³-hybridized carbons (Fsp3) is 0.0435. The van der Waals surface area contributed by atoms with Crippen molar-refractivity contribution in [1.82, 2.24) is 14.5 Å². The molecule has 0 atom stereocenters. The van der Waals surface area contributed by atoms with Gasteiger partial charge >= 0.3 is 0 Å². The molecule has 0 saturated carbocycles. The van der Waals surface area contributed by atoms with Crippen LogP contribution in [0.3, 0.4) is 0 Å². The number of hydrogen-bond acceptors (Lipinski definition) is 3. The highest BCUT2D eigenvalue weighted by Crippen LogP contribution is 2.43. The maximum Gasteiger partial charge on any atom is 0.160 e. The van der Waals surface area contributed by atoms with Crippen molar-refractivity contribution in [2.24, 2.45) is 0 Å². The van der Waals surface area contributed by atoms with Gasteiger partial charge < -0.3 is 4.57 Å². The molecule has 0 spiro atoms. The third-order valence-corrected chi connectivity index (χ3v) is 11.0. The molecule has 0 bridgehead atoms. The molecule has 0 amide bonds. The molecule has 50 heavy (non-hydrogen) atoms. The molecule has 3 heterocycles. The number of allylic oxidation sites excluding steroid dienone is 4. The van der Waals surface area contributed by atoms with E-state index in [-0.39, 0.29) is 0 Å². The van der Waals surface area contributed by atoms with Crippen molar-refractivity contribution in [1.29, 1.82) is 0 Å². The lowest BCUT2D eigenvalue weighted by Gasteiger charge is -2.14. The van der Waals surface area contributed by atoms with Crippen molar-refractivity contribution in [3.8, 4) is 39.6 Å². The first-order valence-corrected chi connectivity index (χ1v) is 18.0. The molecular formula is C46H31N3S. The number of benzene rings is 6. The second-order valence-corrected chi connectivity index (χ2v) is 13.9. The second-order valence-electron chi connectivity index (χ2n) is 12.9. The van der Waals surface area contributed by atoms with Crippen LogP contribution in [-0.2, 0) is 0 Å². The largest absolute Gasteiger partial charge is 0.309 e. The van der Waals surface area contributed by atoms with Crippen molar-refractivity contribution in [3.63, 3.8) is 0 Å². The topological polar surface area (TPSA) is 30.7 Å². The fourth-order valence-electron chi connectivity index (χ4n) is 7.45. The van der Waals surface area contributed by atoms with Gasteiger partial charge in [-0.15, -0.1) is 11.3 Å². The number of aromatic nitrogens is 3. The molecular weight excluding hydrogens is 627 g/mol. The van der Waals surface area contributed by atoms with Crippen LogP contribution in [0.2, 0.25) is 0 Å². The van der Waals surface area contributed by atoms with Gasteiger partial charge in [0.1, 0.15) is 0 Å². The molecule has 4 heteroatoms. The summed E-state index contributed by atoms with van der Waals surface area (Å²) >= 11 is 1.89. The number of rotatable bonds is 5. The first-order valence-electron chi connectivity index (χ1n) is 17.1. The van der Waals surface area contributed by atoms with Crippen LogP contribution in [0.1, 0.15) is 18.4 Å². The zero-order valence-corrected chi connectivity index (χ0v) is 28.1. The predicted octanol–water partition coefficient (Wildman–Crippen LogP) is 12.7. The summed E-state index contributed by atoms with van der Waals surface area (Å²) in [7, 11) is 0. The Labute approximate surface area is 294 Å². The minimum Gasteiger partial charge on any atom is -0.309 e. The molecule has 6 aromatic carbocycles. The Hall–Kier alpha value is -6.10. The minimum absolute atomic E-state index is 0.710. The van der Waals surface area contributed by atoms with E-state index in [1.54, 1.807) is 0 Å². The number of hydrogen-bond donors (Lipinski definition) is 0. The van der Waals surface area contributed by atoms with Gasteiger partial charge in [0, 0.05) is 58.9 Å². The van der Waals surface area contributed by atoms with Crippen LogP contribution in [-0.4, -0.2) is 14.5 Å². The van der Waals surface area contributed by atoms with E-state index in [0.717, 1.165) is 52.1 Å². The van der Waals surface area contributed by atoms with Gasteiger partial charge in [0.25, 0.3) is 0 Å². The summed E-state index contributed by atoms with van der Waals surface area (Å²) in [4.78, 5) is 10.3. The highest BCUT2D eigenvalue weighted by molar-refractivity contribution is 7.26. The summed E-state index contributed by atoms with van der Waals surface area (Å²) in [6.07, 6.45) is 9.16. The van der Waals surface area contributed by atoms with Crippen LogP contribution >= 0.6 is 11.3 Å². The molecule has 10 rings (SSSR count). The minimum atomic E-state index is 0.710. The van der Waals surface area contributed by atoms with E-state index in [0.29, 0.717) is 5.82 Å². The van der Waals surface area contributed by atoms with E-state index in [4.69, 9.17) is 9.97 Å². The lowest BCUT2D eigenvalue weighted by molar-refractivity contribution is 1.04. The number of thiophene rings is 1. The van der Waals surface area contributed by atoms with Crippen molar-refractivity contribution in [3.05, 3.63) is 169 Å². The number of fused-ring (bicyclic) bond motifs is 6. The molecule has 0 N–H and O–H groups in total. The molecule has 0 saturated heterocycles. The Morgan fingerprint density at radius 2 is 1.20 bits per heavy atom. The lowest BCUT2D eigenvalue weighted by atomic mass is 9.97. The third kappa shape index (κ3) is 4.80. The van der Waals surface area contributed by atoms with Gasteiger partial charge in [-0.2, -0.15) is 0 Å². The smallest absolute Gasteiger partial charge is 0.160 e. The standard InChI is InChI=1S/C46H31N3S/c1-4-14-30(15-5-1)38-27-34(28-39-37-21-11-13-23-44(37)50-45(38)39)49-42-22-12-10-20-35(42)36-25-24-33(26-43(36)49)46-47-40(31-16-6-2-7-17-31)29-41(48-46)32-18-8-3-9-19-32/h2-4,6-29H,1,5H2. The molecule has 0 fully saturated rings. The van der Waals surface area contributed by atoms with Gasteiger partial charge in [0.15, 0.2) is 5.82 Å². The summed E-state index contributed by atoms with van der Waals surface area (Å²) < 4.78 is 5.10. The highest BCUT2D eigenvalue weighted by atomic mass is 32.1. The van der Waals surface area contributed by atoms with E-state index < -0.39 is 0 Å². The van der Waals surface area contributed by atoms with Crippen LogP contribution in [0.5, 0.6) is 0 Å². The number of para-hydroxylation sites is 1. The first kappa shape index (κ1) is 28.9. The normalized spacial score (nSPS) is 13.1. The molecule has 0 aliphatic heterocycles. The van der Waals surface area contributed by atoms with Gasteiger partial charge in [-0.05, 0) is 54.8 Å². The Morgan fingerprint density at radius 3 is 1.94 bits per heavy atom. The monoisotopic (exact) mass is 657 g/mol. The second kappa shape index (κ2) is 11.8. The Bertz CT molecular complexity index is 2750. The predicted molar refractivity (Wildman–Crippen MR) is 212 cm³/mol. The zero-order chi connectivity index (χ0) is 33.0. The summed E-state index contributed by atoms with van der Waals surface area (Å²) in [6.45, 7) is 0. The van der Waals surface area contributed by atoms with Crippen LogP contribution in [0.25, 0.3) is 87.1 Å². The molecule has 0 unspecified atom stereocenters. The van der Waals surface area contributed by atoms with E-state index in [1.165, 1.54) is 47.6 Å². The maximum atomic E-state index is 5.17. The van der Waals surface area contributed by atoms with Gasteiger partial charge in [-0.1, -0.05) is 127 Å². The SMILES string of the molecule is C1=CC(c2cc(-n3c4ccccc4c4ccc(-c5nc(-c6ccccc6)cc(-c6ccccc6)n5)cc43)cc3c2sc2ccccc23)=CCC1. The third-order valence-electron chi connectivity index (χ3n) is 9.82. The molecule has 1 aliphatic rings. The van der Waals surface area contributed by atoms with E-state index in [9.17, 15) is 0 Å². The number of nitrogens with zero attached hydrogens (tertiary/aromatic N) is 3. The van der Waals surface area contributed by atoms with E-state index in [2.05, 4.69) is 156 Å². The highest BCUT2D eigenvalue weighted by Gasteiger charge is 2.19. The molecule has 236 valence electrons. The van der Waals surface area contributed by atoms with Crippen LogP contribution in [0, 0.1) is 0 Å². The summed E-state index contributed by atoms with van der Waals surface area (Å²) in [5.74, 6) is 0.710. The van der Waals surface area contributed by atoms with Gasteiger partial charge in [-0.3, -0.25) is 0 Å². The van der Waals surface area contributed by atoms with Crippen LogP contribution in [0.4, 0.5) is 0 Å². The fourth-order valence-corrected chi connectivity index (χ4v) is 8.67.